The number of rotatable bonds is 1. The van der Waals surface area contributed by atoms with Crippen LogP contribution in [0.3, 0.4) is 0 Å². The van der Waals surface area contributed by atoms with Crippen molar-refractivity contribution in [2.45, 2.75) is 6.17 Å². The Kier molecular flexibility index (Phi) is 5.60. The number of halogens is 4. The Balaban J connectivity index is 0.000000280. The summed E-state index contributed by atoms with van der Waals surface area (Å²) in [5, 5.41) is 0. The van der Waals surface area contributed by atoms with Gasteiger partial charge in [0.15, 0.2) is 6.17 Å². The van der Waals surface area contributed by atoms with Crippen molar-refractivity contribution in [2.75, 3.05) is 27.2 Å². The van der Waals surface area contributed by atoms with Crippen molar-refractivity contribution >= 4 is 14.9 Å². The van der Waals surface area contributed by atoms with Gasteiger partial charge in [0.1, 0.15) is 0 Å². The fourth-order valence-electron chi connectivity index (χ4n) is 2.17. The third kappa shape index (κ3) is 5.36. The molecule has 0 bridgehead atoms. The lowest BCUT2D eigenvalue weighted by Gasteiger charge is -2.21. The zero-order valence-corrected chi connectivity index (χ0v) is 11.6. The van der Waals surface area contributed by atoms with Crippen molar-refractivity contribution in [1.29, 1.82) is 0 Å². The van der Waals surface area contributed by atoms with Crippen molar-refractivity contribution in [1.82, 2.24) is 4.90 Å². The quantitative estimate of drug-likeness (QED) is 0.604. The SMILES string of the molecule is CN1CC[NH+](C)C1c1ccccc1.[F][Al-]([F])([F])[F]. The lowest BCUT2D eigenvalue weighted by atomic mass is 10.1. The van der Waals surface area contributed by atoms with E-state index in [0.717, 1.165) is 0 Å². The van der Waals surface area contributed by atoms with Crippen LogP contribution in [0.2, 0.25) is 0 Å². The third-order valence-electron chi connectivity index (χ3n) is 2.88. The summed E-state index contributed by atoms with van der Waals surface area (Å²) < 4.78 is 39.4. The second kappa shape index (κ2) is 6.53. The summed E-state index contributed by atoms with van der Waals surface area (Å²) in [5.74, 6) is 0. The molecular formula is C11H17AlF4N2. The smallest absolute Gasteiger partial charge is 0.510 e. The molecule has 1 N–H and O–H groups in total. The first kappa shape index (κ1) is 15.4. The third-order valence-corrected chi connectivity index (χ3v) is 2.88. The Labute approximate surface area is 108 Å². The van der Waals surface area contributed by atoms with Gasteiger partial charge in [0.2, 0.25) is 0 Å². The molecular weight excluding hydrogens is 263 g/mol. The number of quaternary nitrogens is 1. The predicted octanol–water partition coefficient (Wildman–Crippen LogP) is 1.45. The number of benzene rings is 1. The standard InChI is InChI=1S/C11H16N2.Al.4FH/c1-12-8-9-13(2)11(12)10-6-4-3-5-7-10;;;;;/h3-7,11H,8-9H2,1-2H3;;4*1H/q;+3;;;;/p-3. The van der Waals surface area contributed by atoms with Crippen molar-refractivity contribution in [2.24, 2.45) is 0 Å². The van der Waals surface area contributed by atoms with Crippen LogP contribution in [0.4, 0.5) is 14.1 Å². The Bertz CT molecular complexity index is 342. The topological polar surface area (TPSA) is 7.68 Å². The monoisotopic (exact) mass is 280 g/mol. The molecule has 0 amide bonds. The molecule has 2 unspecified atom stereocenters. The normalized spacial score (nSPS) is 24.6. The fourth-order valence-corrected chi connectivity index (χ4v) is 2.17. The maximum Gasteiger partial charge on any atom is 1.04 e. The van der Waals surface area contributed by atoms with Crippen LogP contribution in [0, 0.1) is 0 Å². The Morgan fingerprint density at radius 2 is 1.67 bits per heavy atom. The first-order chi connectivity index (χ1) is 8.29. The second-order valence-corrected chi connectivity index (χ2v) is 5.37. The minimum Gasteiger partial charge on any atom is -0.510 e. The summed E-state index contributed by atoms with van der Waals surface area (Å²) in [6, 6.07) is 10.8. The van der Waals surface area contributed by atoms with E-state index in [2.05, 4.69) is 49.3 Å². The van der Waals surface area contributed by atoms with E-state index in [-0.39, 0.29) is 0 Å². The molecule has 7 heteroatoms. The van der Waals surface area contributed by atoms with Gasteiger partial charge < -0.3 is 19.0 Å². The minimum atomic E-state index is -6.83. The highest BCUT2D eigenvalue weighted by atomic mass is 27.5. The highest BCUT2D eigenvalue weighted by Crippen LogP contribution is 2.14. The zero-order valence-electron chi connectivity index (χ0n) is 10.4. The number of likely N-dealkylation sites (N-methyl/N-ethyl adjacent to an activating group) is 2. The molecule has 2 rings (SSSR count). The van der Waals surface area contributed by atoms with Crippen LogP contribution in [0.5, 0.6) is 0 Å². The number of nitrogens with zero attached hydrogens (tertiary/aromatic N) is 1. The Hall–Kier alpha value is -0.608. The molecule has 0 aromatic heterocycles. The Morgan fingerprint density at radius 3 is 2.06 bits per heavy atom. The summed E-state index contributed by atoms with van der Waals surface area (Å²) in [6.45, 7) is 2.45. The molecule has 2 nitrogen and oxygen atoms in total. The number of hydrogen-bond donors (Lipinski definition) is 1. The van der Waals surface area contributed by atoms with Crippen LogP contribution in [-0.2, 0) is 0 Å². The molecule has 1 aliphatic rings. The van der Waals surface area contributed by atoms with Crippen LogP contribution < -0.4 is 4.90 Å². The molecule has 0 saturated carbocycles. The highest BCUT2D eigenvalue weighted by molar-refractivity contribution is 6.50. The molecule has 1 aliphatic heterocycles. The maximum atomic E-state index is 9.85. The van der Waals surface area contributed by atoms with E-state index >= 15 is 0 Å². The molecule has 102 valence electrons. The van der Waals surface area contributed by atoms with Gasteiger partial charge in [0, 0.05) is 5.56 Å². The molecule has 0 radical (unpaired) electrons. The summed E-state index contributed by atoms with van der Waals surface area (Å²) >= 11 is -6.83. The van der Waals surface area contributed by atoms with Gasteiger partial charge in [-0.3, -0.25) is 0 Å². The first-order valence-electron chi connectivity index (χ1n) is 5.74. The zero-order chi connectivity index (χ0) is 13.8. The molecule has 1 fully saturated rings. The van der Waals surface area contributed by atoms with Gasteiger partial charge in [-0.1, -0.05) is 30.3 Å². The summed E-state index contributed by atoms with van der Waals surface area (Å²) in [6.07, 6.45) is 0.557. The molecule has 2 atom stereocenters. The van der Waals surface area contributed by atoms with E-state index in [1.54, 1.807) is 4.90 Å². The average molecular weight is 280 g/mol. The van der Waals surface area contributed by atoms with Crippen LogP contribution in [0.1, 0.15) is 11.7 Å². The van der Waals surface area contributed by atoms with Gasteiger partial charge in [-0.15, -0.1) is 0 Å². The van der Waals surface area contributed by atoms with Gasteiger partial charge in [-0.05, 0) is 7.05 Å². The van der Waals surface area contributed by atoms with E-state index in [9.17, 15) is 14.1 Å². The van der Waals surface area contributed by atoms with Crippen molar-refractivity contribution in [3.8, 4) is 0 Å². The number of nitrogens with one attached hydrogen (secondary N) is 1. The Morgan fingerprint density at radius 1 is 1.17 bits per heavy atom. The van der Waals surface area contributed by atoms with Crippen molar-refractivity contribution in [3.63, 3.8) is 0 Å². The largest absolute Gasteiger partial charge is 1.04 e. The summed E-state index contributed by atoms with van der Waals surface area (Å²) in [7, 11) is 4.47. The van der Waals surface area contributed by atoms with Gasteiger partial charge in [-0.2, -0.15) is 0 Å². The lowest BCUT2D eigenvalue weighted by Crippen LogP contribution is -3.07. The van der Waals surface area contributed by atoms with E-state index in [4.69, 9.17) is 0 Å². The van der Waals surface area contributed by atoms with Crippen LogP contribution in [0.15, 0.2) is 30.3 Å². The first-order valence-corrected chi connectivity index (χ1v) is 7.48. The minimum absolute atomic E-state index is 0.557. The molecule has 0 spiro atoms. The summed E-state index contributed by atoms with van der Waals surface area (Å²) in [5.41, 5.74) is 1.43. The van der Waals surface area contributed by atoms with Gasteiger partial charge >= 0.3 is 14.9 Å². The summed E-state index contributed by atoms with van der Waals surface area (Å²) in [4.78, 5) is 4.01. The van der Waals surface area contributed by atoms with E-state index in [1.165, 1.54) is 18.7 Å². The van der Waals surface area contributed by atoms with Crippen LogP contribution in [0.25, 0.3) is 0 Å². The maximum absolute atomic E-state index is 9.85. The average Bonchev–Trinajstić information content (AvgIpc) is 2.57. The van der Waals surface area contributed by atoms with Crippen LogP contribution in [-0.4, -0.2) is 47.0 Å². The molecule has 18 heavy (non-hydrogen) atoms. The van der Waals surface area contributed by atoms with Crippen LogP contribution >= 0.6 is 0 Å². The van der Waals surface area contributed by atoms with Crippen molar-refractivity contribution < 1.29 is 19.0 Å². The molecule has 1 aromatic carbocycles. The highest BCUT2D eigenvalue weighted by Gasteiger charge is 2.41. The fraction of sp³-hybridized carbons (Fsp3) is 0.455. The molecule has 1 heterocycles. The second-order valence-electron chi connectivity index (χ2n) is 4.39. The predicted molar refractivity (Wildman–Crippen MR) is 63.8 cm³/mol. The molecule has 0 aliphatic carbocycles. The van der Waals surface area contributed by atoms with Gasteiger partial charge in [0.05, 0.1) is 20.1 Å². The van der Waals surface area contributed by atoms with Gasteiger partial charge in [-0.25, -0.2) is 4.90 Å². The number of hydrogen-bond acceptors (Lipinski definition) is 1. The molecule has 1 aromatic rings. The van der Waals surface area contributed by atoms with Gasteiger partial charge in [0.25, 0.3) is 0 Å². The van der Waals surface area contributed by atoms with E-state index in [0.29, 0.717) is 6.17 Å². The van der Waals surface area contributed by atoms with Crippen molar-refractivity contribution in [3.05, 3.63) is 35.9 Å². The molecule has 1 saturated heterocycles. The van der Waals surface area contributed by atoms with E-state index in [1.807, 2.05) is 0 Å². The van der Waals surface area contributed by atoms with E-state index < -0.39 is 14.9 Å². The lowest BCUT2D eigenvalue weighted by molar-refractivity contribution is -0.904.